The maximum absolute atomic E-state index is 11.9. The van der Waals surface area contributed by atoms with Crippen molar-refractivity contribution >= 4 is 23.1 Å². The van der Waals surface area contributed by atoms with Crippen LogP contribution < -0.4 is 5.73 Å². The molecule has 0 heterocycles. The number of amides is 1. The summed E-state index contributed by atoms with van der Waals surface area (Å²) in [5, 5.41) is 0. The van der Waals surface area contributed by atoms with Gasteiger partial charge in [-0.15, -0.1) is 0 Å². The largest absolute Gasteiger partial charge is 0.393 e. The monoisotopic (exact) mass is 216 g/mol. The lowest BCUT2D eigenvalue weighted by Crippen LogP contribution is -2.40. The van der Waals surface area contributed by atoms with Gasteiger partial charge in [0.25, 0.3) is 0 Å². The maximum atomic E-state index is 11.9. The first-order valence-corrected chi connectivity index (χ1v) is 5.27. The van der Waals surface area contributed by atoms with Gasteiger partial charge >= 0.3 is 0 Å². The van der Waals surface area contributed by atoms with Crippen molar-refractivity contribution in [1.82, 2.24) is 4.90 Å². The molecule has 82 valence electrons. The zero-order chi connectivity index (χ0) is 11.4. The number of hydrogen-bond donors (Lipinski definition) is 1. The first kappa shape index (κ1) is 13.4. The minimum atomic E-state index is -0.327. The van der Waals surface area contributed by atoms with Crippen molar-refractivity contribution in [3.63, 3.8) is 0 Å². The molecule has 0 saturated carbocycles. The molecule has 0 rings (SSSR count). The number of hydrogen-bond acceptors (Lipinski definition) is 2. The quantitative estimate of drug-likeness (QED) is 0.725. The van der Waals surface area contributed by atoms with Gasteiger partial charge in [0.1, 0.15) is 0 Å². The van der Waals surface area contributed by atoms with Crippen LogP contribution in [0.2, 0.25) is 0 Å². The summed E-state index contributed by atoms with van der Waals surface area (Å²) >= 11 is 4.78. The minimum absolute atomic E-state index is 0.149. The Kier molecular flexibility index (Phi) is 5.05. The molecule has 4 heteroatoms. The van der Waals surface area contributed by atoms with Crippen molar-refractivity contribution in [2.75, 3.05) is 13.1 Å². The molecule has 0 aliphatic carbocycles. The van der Waals surface area contributed by atoms with Gasteiger partial charge in [-0.05, 0) is 6.92 Å². The van der Waals surface area contributed by atoms with Crippen LogP contribution in [0.3, 0.4) is 0 Å². The summed E-state index contributed by atoms with van der Waals surface area (Å²) in [6.45, 7) is 9.04. The highest BCUT2D eigenvalue weighted by Gasteiger charge is 2.25. The van der Waals surface area contributed by atoms with E-state index < -0.39 is 0 Å². The summed E-state index contributed by atoms with van der Waals surface area (Å²) in [6.07, 6.45) is 0.602. The van der Waals surface area contributed by atoms with Crippen molar-refractivity contribution in [2.24, 2.45) is 11.1 Å². The smallest absolute Gasteiger partial charge is 0.227 e. The lowest BCUT2D eigenvalue weighted by atomic mass is 9.94. The average molecular weight is 216 g/mol. The molecule has 0 aromatic rings. The second kappa shape index (κ2) is 5.29. The van der Waals surface area contributed by atoms with Crippen LogP contribution >= 0.6 is 12.2 Å². The van der Waals surface area contributed by atoms with Crippen LogP contribution in [-0.2, 0) is 4.79 Å². The summed E-state index contributed by atoms with van der Waals surface area (Å²) in [6, 6.07) is 0. The van der Waals surface area contributed by atoms with E-state index in [0.29, 0.717) is 24.5 Å². The Morgan fingerprint density at radius 1 is 1.43 bits per heavy atom. The fraction of sp³-hybridized carbons (Fsp3) is 0.800. The van der Waals surface area contributed by atoms with Crippen molar-refractivity contribution in [1.29, 1.82) is 0 Å². The zero-order valence-corrected chi connectivity index (χ0v) is 10.3. The van der Waals surface area contributed by atoms with E-state index >= 15 is 0 Å². The number of nitrogens with two attached hydrogens (primary N) is 1. The van der Waals surface area contributed by atoms with Crippen LogP contribution in [0.25, 0.3) is 0 Å². The molecular weight excluding hydrogens is 196 g/mol. The van der Waals surface area contributed by atoms with E-state index in [1.807, 2.05) is 27.7 Å². The van der Waals surface area contributed by atoms with Gasteiger partial charge in [0.15, 0.2) is 0 Å². The Morgan fingerprint density at radius 2 is 1.93 bits per heavy atom. The Hall–Kier alpha value is -0.640. The molecular formula is C10H20N2OS. The van der Waals surface area contributed by atoms with Crippen molar-refractivity contribution in [3.05, 3.63) is 0 Å². The van der Waals surface area contributed by atoms with E-state index in [2.05, 4.69) is 0 Å². The lowest BCUT2D eigenvalue weighted by molar-refractivity contribution is -0.139. The van der Waals surface area contributed by atoms with E-state index in [9.17, 15) is 4.79 Å². The highest BCUT2D eigenvalue weighted by Crippen LogP contribution is 2.17. The summed E-state index contributed by atoms with van der Waals surface area (Å²) in [4.78, 5) is 14.1. The van der Waals surface area contributed by atoms with Crippen LogP contribution in [-0.4, -0.2) is 28.9 Å². The second-order valence-electron chi connectivity index (χ2n) is 4.35. The Bertz CT molecular complexity index is 221. The molecule has 1 amide bonds. The molecule has 0 saturated heterocycles. The highest BCUT2D eigenvalue weighted by atomic mass is 32.1. The normalized spacial score (nSPS) is 11.1. The molecule has 0 atom stereocenters. The van der Waals surface area contributed by atoms with Gasteiger partial charge in [0.05, 0.1) is 4.99 Å². The Morgan fingerprint density at radius 3 is 2.21 bits per heavy atom. The zero-order valence-electron chi connectivity index (χ0n) is 9.46. The number of rotatable bonds is 4. The molecule has 0 aliphatic rings. The van der Waals surface area contributed by atoms with Gasteiger partial charge in [-0.3, -0.25) is 4.79 Å². The molecule has 0 fully saturated rings. The SMILES string of the molecule is CCN(CCC(N)=S)C(=O)C(C)(C)C. The standard InChI is InChI=1S/C10H20N2OS/c1-5-12(7-6-8(11)14)9(13)10(2,3)4/h5-7H2,1-4H3,(H2,11,14). The number of carbonyl (C=O) groups excluding carboxylic acids is 1. The Labute approximate surface area is 91.6 Å². The van der Waals surface area contributed by atoms with Crippen molar-refractivity contribution in [2.45, 2.75) is 34.1 Å². The first-order chi connectivity index (χ1) is 6.29. The molecule has 0 unspecified atom stereocenters. The minimum Gasteiger partial charge on any atom is -0.393 e. The van der Waals surface area contributed by atoms with Gasteiger partial charge < -0.3 is 10.6 Å². The topological polar surface area (TPSA) is 46.3 Å². The summed E-state index contributed by atoms with van der Waals surface area (Å²) in [7, 11) is 0. The highest BCUT2D eigenvalue weighted by molar-refractivity contribution is 7.80. The van der Waals surface area contributed by atoms with E-state index in [-0.39, 0.29) is 11.3 Å². The van der Waals surface area contributed by atoms with Crippen molar-refractivity contribution in [3.8, 4) is 0 Å². The molecule has 0 aromatic carbocycles. The maximum Gasteiger partial charge on any atom is 0.227 e. The van der Waals surface area contributed by atoms with Crippen LogP contribution in [0.15, 0.2) is 0 Å². The van der Waals surface area contributed by atoms with E-state index in [1.54, 1.807) is 4.90 Å². The third-order valence-corrected chi connectivity index (χ3v) is 2.14. The molecule has 0 aliphatic heterocycles. The summed E-state index contributed by atoms with van der Waals surface area (Å²) in [5.74, 6) is 0.149. The third-order valence-electron chi connectivity index (χ3n) is 1.94. The summed E-state index contributed by atoms with van der Waals surface area (Å²) in [5.41, 5.74) is 5.07. The number of carbonyl (C=O) groups is 1. The van der Waals surface area contributed by atoms with Crippen LogP contribution in [0, 0.1) is 5.41 Å². The van der Waals surface area contributed by atoms with Crippen LogP contribution in [0.1, 0.15) is 34.1 Å². The lowest BCUT2D eigenvalue weighted by Gasteiger charge is -2.28. The molecule has 0 bridgehead atoms. The van der Waals surface area contributed by atoms with Gasteiger partial charge in [-0.2, -0.15) is 0 Å². The van der Waals surface area contributed by atoms with Gasteiger partial charge in [-0.25, -0.2) is 0 Å². The van der Waals surface area contributed by atoms with E-state index in [0.717, 1.165) is 0 Å². The molecule has 0 aromatic heterocycles. The fourth-order valence-corrected chi connectivity index (χ4v) is 1.21. The van der Waals surface area contributed by atoms with Gasteiger partial charge in [-0.1, -0.05) is 33.0 Å². The predicted octanol–water partition coefficient (Wildman–Crippen LogP) is 1.56. The Balaban J connectivity index is 4.27. The molecule has 3 nitrogen and oxygen atoms in total. The third kappa shape index (κ3) is 4.56. The fourth-order valence-electron chi connectivity index (χ4n) is 1.12. The van der Waals surface area contributed by atoms with Crippen LogP contribution in [0.5, 0.6) is 0 Å². The molecule has 0 spiro atoms. The van der Waals surface area contributed by atoms with E-state index in [4.69, 9.17) is 18.0 Å². The summed E-state index contributed by atoms with van der Waals surface area (Å²) < 4.78 is 0. The molecule has 0 radical (unpaired) electrons. The predicted molar refractivity (Wildman–Crippen MR) is 63.1 cm³/mol. The van der Waals surface area contributed by atoms with Crippen molar-refractivity contribution < 1.29 is 4.79 Å². The number of nitrogens with zero attached hydrogens (tertiary/aromatic N) is 1. The first-order valence-electron chi connectivity index (χ1n) is 4.86. The van der Waals surface area contributed by atoms with Gasteiger partial charge in [0, 0.05) is 24.9 Å². The molecule has 14 heavy (non-hydrogen) atoms. The molecule has 2 N–H and O–H groups in total. The van der Waals surface area contributed by atoms with Gasteiger partial charge in [0.2, 0.25) is 5.91 Å². The average Bonchev–Trinajstić information content (AvgIpc) is 2.03. The van der Waals surface area contributed by atoms with E-state index in [1.165, 1.54) is 0 Å². The second-order valence-corrected chi connectivity index (χ2v) is 4.88. The van der Waals surface area contributed by atoms with Crippen LogP contribution in [0.4, 0.5) is 0 Å². The number of thiocarbonyl (C=S) groups is 1.